The molecule has 1 aromatic heterocycles. The van der Waals surface area contributed by atoms with E-state index in [9.17, 15) is 5.11 Å². The summed E-state index contributed by atoms with van der Waals surface area (Å²) in [6.07, 6.45) is 6.02. The van der Waals surface area contributed by atoms with Crippen molar-refractivity contribution in [1.82, 2.24) is 4.98 Å². The zero-order chi connectivity index (χ0) is 10.9. The molecule has 1 N–H and O–H groups in total. The molecule has 1 aromatic rings. The summed E-state index contributed by atoms with van der Waals surface area (Å²) in [7, 11) is 0. The number of aromatic nitrogens is 1. The van der Waals surface area contributed by atoms with Gasteiger partial charge in [0.05, 0.1) is 11.1 Å². The van der Waals surface area contributed by atoms with E-state index < -0.39 is 5.60 Å². The normalized spacial score (nSPS) is 36.7. The van der Waals surface area contributed by atoms with Crippen molar-refractivity contribution in [3.63, 3.8) is 0 Å². The Morgan fingerprint density at radius 1 is 1.60 bits per heavy atom. The monoisotopic (exact) mass is 225 g/mol. The molecular weight excluding hydrogens is 206 g/mol. The Hall–Kier alpha value is -0.410. The molecule has 0 bridgehead atoms. The van der Waals surface area contributed by atoms with Crippen LogP contribution < -0.4 is 0 Å². The second-order valence-corrected chi connectivity index (χ2v) is 5.88. The molecule has 0 aromatic carbocycles. The predicted octanol–water partition coefficient (Wildman–Crippen LogP) is 2.87. The van der Waals surface area contributed by atoms with Crippen molar-refractivity contribution in [2.24, 2.45) is 11.8 Å². The number of nitrogens with zero attached hydrogens (tertiary/aromatic N) is 1. The fourth-order valence-electron chi connectivity index (χ4n) is 2.62. The van der Waals surface area contributed by atoms with Gasteiger partial charge in [-0.2, -0.15) is 0 Å². The molecule has 2 rings (SSSR count). The maximum absolute atomic E-state index is 10.7. The van der Waals surface area contributed by atoms with Gasteiger partial charge in [0.1, 0.15) is 0 Å². The molecule has 2 nitrogen and oxygen atoms in total. The van der Waals surface area contributed by atoms with Gasteiger partial charge in [0.15, 0.2) is 0 Å². The van der Waals surface area contributed by atoms with E-state index in [-0.39, 0.29) is 0 Å². The van der Waals surface area contributed by atoms with Crippen molar-refractivity contribution >= 4 is 11.3 Å². The zero-order valence-corrected chi connectivity index (χ0v) is 10.3. The second-order valence-electron chi connectivity index (χ2n) is 4.91. The van der Waals surface area contributed by atoms with E-state index in [2.05, 4.69) is 18.8 Å². The summed E-state index contributed by atoms with van der Waals surface area (Å²) < 4.78 is 0. The first kappa shape index (κ1) is 11.1. The van der Waals surface area contributed by atoms with Crippen LogP contribution in [0.5, 0.6) is 0 Å². The Kier molecular flexibility index (Phi) is 3.12. The molecule has 1 aliphatic rings. The topological polar surface area (TPSA) is 33.1 Å². The summed E-state index contributed by atoms with van der Waals surface area (Å²) in [5.41, 5.74) is 1.35. The minimum Gasteiger partial charge on any atom is -0.389 e. The fourth-order valence-corrected chi connectivity index (χ4v) is 3.33. The van der Waals surface area contributed by atoms with Crippen LogP contribution in [0.4, 0.5) is 0 Å². The Morgan fingerprint density at radius 3 is 3.07 bits per heavy atom. The Bertz CT molecular complexity index is 311. The summed E-state index contributed by atoms with van der Waals surface area (Å²) >= 11 is 1.65. The summed E-state index contributed by atoms with van der Waals surface area (Å²) in [4.78, 5) is 5.28. The van der Waals surface area contributed by atoms with E-state index in [0.29, 0.717) is 11.8 Å². The number of thiazole rings is 1. The van der Waals surface area contributed by atoms with E-state index in [1.807, 2.05) is 11.7 Å². The smallest absolute Gasteiger partial charge is 0.0794 e. The van der Waals surface area contributed by atoms with Crippen molar-refractivity contribution < 1.29 is 5.11 Å². The van der Waals surface area contributed by atoms with Gasteiger partial charge in [0.25, 0.3) is 0 Å². The molecule has 1 heterocycles. The van der Waals surface area contributed by atoms with Crippen LogP contribution in [0.15, 0.2) is 11.7 Å². The quantitative estimate of drug-likeness (QED) is 0.839. The lowest BCUT2D eigenvalue weighted by Gasteiger charge is -2.41. The molecule has 1 saturated carbocycles. The second kappa shape index (κ2) is 4.22. The van der Waals surface area contributed by atoms with Gasteiger partial charge in [-0.25, -0.2) is 0 Å². The highest BCUT2D eigenvalue weighted by Gasteiger charge is 2.39. The lowest BCUT2D eigenvalue weighted by molar-refractivity contribution is -0.0615. The van der Waals surface area contributed by atoms with Gasteiger partial charge in [-0.05, 0) is 18.3 Å². The lowest BCUT2D eigenvalue weighted by atomic mass is 9.69. The van der Waals surface area contributed by atoms with Crippen LogP contribution in [0.3, 0.4) is 0 Å². The van der Waals surface area contributed by atoms with Crippen LogP contribution in [0.2, 0.25) is 0 Å². The van der Waals surface area contributed by atoms with Crippen LogP contribution in [0, 0.1) is 11.8 Å². The number of rotatable bonds is 2. The maximum atomic E-state index is 10.7. The lowest BCUT2D eigenvalue weighted by Crippen LogP contribution is -2.44. The van der Waals surface area contributed by atoms with Gasteiger partial charge in [0.2, 0.25) is 0 Å². The summed E-state index contributed by atoms with van der Waals surface area (Å²) in [6, 6.07) is 0. The number of hydrogen-bond acceptors (Lipinski definition) is 3. The fraction of sp³-hybridized carbons (Fsp3) is 0.750. The minimum absolute atomic E-state index is 0.397. The number of aliphatic hydroxyl groups is 1. The first-order chi connectivity index (χ1) is 7.12. The van der Waals surface area contributed by atoms with Gasteiger partial charge in [-0.3, -0.25) is 4.98 Å². The van der Waals surface area contributed by atoms with Crippen LogP contribution in [-0.2, 0) is 6.42 Å². The average molecular weight is 225 g/mol. The molecule has 3 unspecified atom stereocenters. The first-order valence-electron chi connectivity index (χ1n) is 5.71. The summed E-state index contributed by atoms with van der Waals surface area (Å²) in [6.45, 7) is 4.44. The van der Waals surface area contributed by atoms with E-state index in [4.69, 9.17) is 0 Å². The van der Waals surface area contributed by atoms with Crippen molar-refractivity contribution in [3.8, 4) is 0 Å². The molecule has 15 heavy (non-hydrogen) atoms. The molecule has 3 atom stereocenters. The van der Waals surface area contributed by atoms with Gasteiger partial charge in [0, 0.05) is 17.5 Å². The first-order valence-corrected chi connectivity index (χ1v) is 6.59. The maximum Gasteiger partial charge on any atom is 0.0794 e. The van der Waals surface area contributed by atoms with Crippen molar-refractivity contribution in [2.75, 3.05) is 0 Å². The van der Waals surface area contributed by atoms with Gasteiger partial charge in [-0.1, -0.05) is 26.7 Å². The SMILES string of the molecule is CC1CCCC(O)(Cc2cncs2)C1C. The molecule has 84 valence electrons. The molecule has 0 radical (unpaired) electrons. The highest BCUT2D eigenvalue weighted by atomic mass is 32.1. The highest BCUT2D eigenvalue weighted by Crippen LogP contribution is 2.39. The third kappa shape index (κ3) is 2.23. The van der Waals surface area contributed by atoms with Gasteiger partial charge < -0.3 is 5.11 Å². The molecule has 0 aliphatic heterocycles. The van der Waals surface area contributed by atoms with E-state index in [1.165, 1.54) is 11.3 Å². The Balaban J connectivity index is 2.11. The highest BCUT2D eigenvalue weighted by molar-refractivity contribution is 7.09. The van der Waals surface area contributed by atoms with Crippen molar-refractivity contribution in [2.45, 2.75) is 45.1 Å². The molecule has 0 saturated heterocycles. The van der Waals surface area contributed by atoms with Gasteiger partial charge >= 0.3 is 0 Å². The van der Waals surface area contributed by atoms with Crippen LogP contribution >= 0.6 is 11.3 Å². The third-order valence-electron chi connectivity index (χ3n) is 3.93. The van der Waals surface area contributed by atoms with Crippen LogP contribution in [0.25, 0.3) is 0 Å². The average Bonchev–Trinajstić information content (AvgIpc) is 2.67. The van der Waals surface area contributed by atoms with Crippen LogP contribution in [0.1, 0.15) is 38.0 Å². The zero-order valence-electron chi connectivity index (χ0n) is 9.44. The summed E-state index contributed by atoms with van der Waals surface area (Å²) in [5, 5.41) is 10.7. The molecule has 0 spiro atoms. The standard InChI is InChI=1S/C12H19NOS/c1-9-4-3-5-12(14,10(9)2)6-11-7-13-8-15-11/h7-10,14H,3-6H2,1-2H3. The Morgan fingerprint density at radius 2 is 2.40 bits per heavy atom. The number of hydrogen-bond donors (Lipinski definition) is 1. The molecule has 1 aliphatic carbocycles. The van der Waals surface area contributed by atoms with Crippen LogP contribution in [-0.4, -0.2) is 15.7 Å². The predicted molar refractivity (Wildman–Crippen MR) is 62.9 cm³/mol. The van der Waals surface area contributed by atoms with Crippen molar-refractivity contribution in [3.05, 3.63) is 16.6 Å². The Labute approximate surface area is 95.4 Å². The largest absolute Gasteiger partial charge is 0.389 e. The van der Waals surface area contributed by atoms with E-state index in [0.717, 1.165) is 19.3 Å². The molecule has 3 heteroatoms. The van der Waals surface area contributed by atoms with E-state index in [1.54, 1.807) is 11.3 Å². The van der Waals surface area contributed by atoms with E-state index >= 15 is 0 Å². The third-order valence-corrected chi connectivity index (χ3v) is 4.71. The molecule has 1 fully saturated rings. The minimum atomic E-state index is -0.496. The summed E-state index contributed by atoms with van der Waals surface area (Å²) in [5.74, 6) is 1.03. The van der Waals surface area contributed by atoms with Crippen molar-refractivity contribution in [1.29, 1.82) is 0 Å². The van der Waals surface area contributed by atoms with Gasteiger partial charge in [-0.15, -0.1) is 11.3 Å². The molecule has 0 amide bonds. The molecular formula is C12H19NOS.